The van der Waals surface area contributed by atoms with E-state index in [0.29, 0.717) is 0 Å². The van der Waals surface area contributed by atoms with E-state index in [2.05, 4.69) is 36.2 Å². The Hall–Kier alpha value is -2.37. The highest BCUT2D eigenvalue weighted by Gasteiger charge is 2.46. The number of rotatable bonds is 2. The number of carbonyl (C=O) groups excluding carboxylic acids is 1. The van der Waals surface area contributed by atoms with Crippen molar-refractivity contribution in [1.82, 2.24) is 4.90 Å². The fourth-order valence-corrected chi connectivity index (χ4v) is 5.66. The van der Waals surface area contributed by atoms with Crippen LogP contribution in [-0.4, -0.2) is 44.6 Å². The summed E-state index contributed by atoms with van der Waals surface area (Å²) < 4.78 is 6.66. The van der Waals surface area contributed by atoms with Gasteiger partial charge in [-0.15, -0.1) is 11.3 Å². The summed E-state index contributed by atoms with van der Waals surface area (Å²) in [4.78, 5) is 18.7. The minimum absolute atomic E-state index is 0.0305. The van der Waals surface area contributed by atoms with Crippen molar-refractivity contribution in [3.8, 4) is 5.75 Å². The van der Waals surface area contributed by atoms with Gasteiger partial charge in [0.2, 0.25) is 0 Å². The van der Waals surface area contributed by atoms with Gasteiger partial charge in [-0.25, -0.2) is 0 Å². The van der Waals surface area contributed by atoms with E-state index in [-0.39, 0.29) is 11.3 Å². The Kier molecular flexibility index (Phi) is 4.18. The van der Waals surface area contributed by atoms with E-state index in [4.69, 9.17) is 4.74 Å². The number of hydrogen-bond donors (Lipinski definition) is 0. The van der Waals surface area contributed by atoms with E-state index in [1.54, 1.807) is 18.4 Å². The number of ether oxygens (including phenoxy) is 1. The highest BCUT2D eigenvalue weighted by Crippen LogP contribution is 2.48. The molecule has 1 saturated heterocycles. The van der Waals surface area contributed by atoms with Gasteiger partial charge in [0.25, 0.3) is 5.91 Å². The second-order valence-electron chi connectivity index (χ2n) is 8.01. The Bertz CT molecular complexity index is 1020. The normalized spacial score (nSPS) is 18.6. The molecule has 1 spiro atoms. The lowest BCUT2D eigenvalue weighted by Gasteiger charge is -2.38. The van der Waals surface area contributed by atoms with Crippen LogP contribution < -0.4 is 9.64 Å². The van der Waals surface area contributed by atoms with Gasteiger partial charge < -0.3 is 14.5 Å². The summed E-state index contributed by atoms with van der Waals surface area (Å²) >= 11 is 1.59. The topological polar surface area (TPSA) is 32.8 Å². The molecule has 144 valence electrons. The van der Waals surface area contributed by atoms with Crippen LogP contribution in [0.15, 0.2) is 48.5 Å². The van der Waals surface area contributed by atoms with Gasteiger partial charge in [0, 0.05) is 22.3 Å². The van der Waals surface area contributed by atoms with Crippen LogP contribution in [0.5, 0.6) is 5.75 Å². The summed E-state index contributed by atoms with van der Waals surface area (Å²) in [5.74, 6) is 0.983. The number of carbonyl (C=O) groups is 1. The second-order valence-corrected chi connectivity index (χ2v) is 9.09. The number of piperidine rings is 1. The van der Waals surface area contributed by atoms with Gasteiger partial charge in [0.15, 0.2) is 0 Å². The fourth-order valence-electron chi connectivity index (χ4n) is 4.65. The lowest BCUT2D eigenvalue weighted by molar-refractivity contribution is 0.0983. The Morgan fingerprint density at radius 2 is 1.89 bits per heavy atom. The third kappa shape index (κ3) is 2.73. The predicted molar refractivity (Wildman–Crippen MR) is 115 cm³/mol. The Balaban J connectivity index is 1.56. The molecule has 1 fully saturated rings. The van der Waals surface area contributed by atoms with Gasteiger partial charge in [-0.3, -0.25) is 4.79 Å². The highest BCUT2D eigenvalue weighted by molar-refractivity contribution is 7.20. The number of methoxy groups -OCH3 is 1. The summed E-state index contributed by atoms with van der Waals surface area (Å²) in [7, 11) is 3.88. The Labute approximate surface area is 169 Å². The number of hydrogen-bond acceptors (Lipinski definition) is 4. The molecule has 5 rings (SSSR count). The van der Waals surface area contributed by atoms with Crippen LogP contribution in [0.2, 0.25) is 0 Å². The highest BCUT2D eigenvalue weighted by atomic mass is 32.1. The number of thiophene rings is 1. The maximum absolute atomic E-state index is 13.5. The zero-order chi connectivity index (χ0) is 19.3. The Morgan fingerprint density at radius 1 is 1.11 bits per heavy atom. The molecular formula is C23H24N2O2S. The zero-order valence-electron chi connectivity index (χ0n) is 16.3. The summed E-state index contributed by atoms with van der Waals surface area (Å²) in [5.41, 5.74) is 2.35. The number of likely N-dealkylation sites (tertiary alicyclic amines) is 1. The monoisotopic (exact) mass is 392 g/mol. The van der Waals surface area contributed by atoms with Crippen LogP contribution in [0.4, 0.5) is 5.69 Å². The number of anilines is 1. The van der Waals surface area contributed by atoms with Crippen LogP contribution in [0.3, 0.4) is 0 Å². The van der Waals surface area contributed by atoms with E-state index in [0.717, 1.165) is 58.9 Å². The maximum Gasteiger partial charge on any atom is 0.268 e. The van der Waals surface area contributed by atoms with E-state index >= 15 is 0 Å². The molecule has 1 aromatic heterocycles. The molecule has 0 aliphatic carbocycles. The van der Waals surface area contributed by atoms with E-state index in [1.165, 1.54) is 5.56 Å². The van der Waals surface area contributed by atoms with E-state index in [1.807, 2.05) is 29.2 Å². The van der Waals surface area contributed by atoms with Gasteiger partial charge in [-0.1, -0.05) is 18.2 Å². The van der Waals surface area contributed by atoms with Crippen molar-refractivity contribution in [3.05, 3.63) is 59.0 Å². The van der Waals surface area contributed by atoms with Gasteiger partial charge in [0.05, 0.1) is 12.0 Å². The molecular weight excluding hydrogens is 368 g/mol. The largest absolute Gasteiger partial charge is 0.497 e. The zero-order valence-corrected chi connectivity index (χ0v) is 17.1. The van der Waals surface area contributed by atoms with Gasteiger partial charge in [0.1, 0.15) is 5.75 Å². The van der Waals surface area contributed by atoms with Crippen molar-refractivity contribution in [2.75, 3.05) is 38.7 Å². The molecule has 0 saturated carbocycles. The molecule has 5 heteroatoms. The molecule has 2 aliphatic heterocycles. The van der Waals surface area contributed by atoms with Crippen molar-refractivity contribution in [1.29, 1.82) is 0 Å². The molecule has 0 N–H and O–H groups in total. The molecule has 0 bridgehead atoms. The lowest BCUT2D eigenvalue weighted by atomic mass is 9.74. The van der Waals surface area contributed by atoms with Crippen LogP contribution in [-0.2, 0) is 5.41 Å². The number of amides is 1. The minimum atomic E-state index is 0.0305. The predicted octanol–water partition coefficient (Wildman–Crippen LogP) is 4.53. The lowest BCUT2D eigenvalue weighted by Crippen LogP contribution is -2.44. The first-order valence-electron chi connectivity index (χ1n) is 9.77. The van der Waals surface area contributed by atoms with Crippen LogP contribution in [0.25, 0.3) is 10.1 Å². The van der Waals surface area contributed by atoms with Crippen LogP contribution in [0.1, 0.15) is 28.1 Å². The molecule has 0 radical (unpaired) electrons. The quantitative estimate of drug-likeness (QED) is 0.642. The van der Waals surface area contributed by atoms with E-state index < -0.39 is 0 Å². The second kappa shape index (κ2) is 6.61. The average Bonchev–Trinajstić information content (AvgIpc) is 3.29. The molecule has 4 nitrogen and oxygen atoms in total. The molecule has 2 aliphatic rings. The molecule has 2 aromatic carbocycles. The summed E-state index contributed by atoms with van der Waals surface area (Å²) in [6, 6.07) is 16.4. The molecule has 0 atom stereocenters. The first-order valence-corrected chi connectivity index (χ1v) is 10.6. The standard InChI is InChI=1S/C23H24N2O2S/c1-24-11-9-23(10-12-24)15-25(19-8-7-17(27-2)14-18(19)23)22(26)21-13-16-5-3-4-6-20(16)28-21/h3-8,13-14H,9-12,15H2,1-2H3. The Morgan fingerprint density at radius 3 is 2.64 bits per heavy atom. The van der Waals surface area contributed by atoms with E-state index in [9.17, 15) is 4.79 Å². The first-order chi connectivity index (χ1) is 13.6. The van der Waals surface area contributed by atoms with Crippen molar-refractivity contribution >= 4 is 33.0 Å². The smallest absolute Gasteiger partial charge is 0.268 e. The summed E-state index contributed by atoms with van der Waals surface area (Å²) in [5, 5.41) is 1.14. The number of nitrogens with zero attached hydrogens (tertiary/aromatic N) is 2. The first kappa shape index (κ1) is 17.7. The third-order valence-electron chi connectivity index (χ3n) is 6.35. The van der Waals surface area contributed by atoms with Crippen molar-refractivity contribution in [2.24, 2.45) is 0 Å². The molecule has 3 heterocycles. The number of fused-ring (bicyclic) bond motifs is 3. The number of benzene rings is 2. The fraction of sp³-hybridized carbons (Fsp3) is 0.348. The third-order valence-corrected chi connectivity index (χ3v) is 7.46. The molecule has 28 heavy (non-hydrogen) atoms. The minimum Gasteiger partial charge on any atom is -0.497 e. The maximum atomic E-state index is 13.5. The van der Waals surface area contributed by atoms with Crippen LogP contribution >= 0.6 is 11.3 Å². The van der Waals surface area contributed by atoms with Gasteiger partial charge >= 0.3 is 0 Å². The molecule has 0 unspecified atom stereocenters. The van der Waals surface area contributed by atoms with Crippen molar-refractivity contribution in [3.63, 3.8) is 0 Å². The van der Waals surface area contributed by atoms with Gasteiger partial charge in [-0.05, 0) is 74.3 Å². The molecule has 1 amide bonds. The SMILES string of the molecule is COc1ccc2c(c1)C1(CCN(C)CC1)CN2C(=O)c1cc2ccccc2s1. The van der Waals surface area contributed by atoms with Crippen molar-refractivity contribution < 1.29 is 9.53 Å². The van der Waals surface area contributed by atoms with Crippen LogP contribution in [0, 0.1) is 0 Å². The summed E-state index contributed by atoms with van der Waals surface area (Å²) in [6.45, 7) is 2.87. The average molecular weight is 393 g/mol. The van der Waals surface area contributed by atoms with Gasteiger partial charge in [-0.2, -0.15) is 0 Å². The molecule has 3 aromatic rings. The summed E-state index contributed by atoms with van der Waals surface area (Å²) in [6.07, 6.45) is 2.14. The van der Waals surface area contributed by atoms with Crippen molar-refractivity contribution in [2.45, 2.75) is 18.3 Å².